The Kier molecular flexibility index (Phi) is 4.46. The summed E-state index contributed by atoms with van der Waals surface area (Å²) < 4.78 is 0. The van der Waals surface area contributed by atoms with E-state index in [-0.39, 0.29) is 27.7 Å². The normalized spacial score (nSPS) is 8.83. The molecule has 1 aromatic carbocycles. The molecule has 0 fully saturated rings. The van der Waals surface area contributed by atoms with Crippen molar-refractivity contribution < 1.29 is 37.6 Å². The molecule has 0 saturated heterocycles. The topological polar surface area (TPSA) is 37.3 Å². The molecule has 2 nitrogen and oxygen atoms in total. The summed E-state index contributed by atoms with van der Waals surface area (Å²) in [6.45, 7) is 3.75. The van der Waals surface area contributed by atoms with Crippen LogP contribution in [0.25, 0.3) is 0 Å². The first-order valence-electron chi connectivity index (χ1n) is 3.42. The molecule has 0 amide bonds. The summed E-state index contributed by atoms with van der Waals surface area (Å²) in [4.78, 5) is 10.5. The summed E-state index contributed by atoms with van der Waals surface area (Å²) in [6.07, 6.45) is 0. The molecule has 0 radical (unpaired) electrons. The Morgan fingerprint density at radius 3 is 2.33 bits per heavy atom. The van der Waals surface area contributed by atoms with Crippen molar-refractivity contribution in [1.82, 2.24) is 0 Å². The maximum Gasteiger partial charge on any atom is 0.335 e. The van der Waals surface area contributed by atoms with E-state index in [9.17, 15) is 4.79 Å². The SMILES string of the molecule is Cc1ccc(C(=O)O)c(C)c1.[Hg]. The minimum atomic E-state index is -0.859. The molecule has 12 heavy (non-hydrogen) atoms. The molecule has 3 heteroatoms. The van der Waals surface area contributed by atoms with E-state index in [2.05, 4.69) is 0 Å². The van der Waals surface area contributed by atoms with E-state index < -0.39 is 5.97 Å². The van der Waals surface area contributed by atoms with Crippen LogP contribution in [-0.2, 0) is 27.7 Å². The third-order valence-corrected chi connectivity index (χ3v) is 1.61. The van der Waals surface area contributed by atoms with E-state index in [0.29, 0.717) is 5.56 Å². The number of carbonyl (C=O) groups is 1. The van der Waals surface area contributed by atoms with Crippen LogP contribution >= 0.6 is 0 Å². The van der Waals surface area contributed by atoms with Gasteiger partial charge in [0.25, 0.3) is 0 Å². The summed E-state index contributed by atoms with van der Waals surface area (Å²) in [5.74, 6) is -0.859. The summed E-state index contributed by atoms with van der Waals surface area (Å²) >= 11 is 0. The van der Waals surface area contributed by atoms with Gasteiger partial charge < -0.3 is 5.11 Å². The van der Waals surface area contributed by atoms with Crippen LogP contribution in [0.3, 0.4) is 0 Å². The summed E-state index contributed by atoms with van der Waals surface area (Å²) in [5.41, 5.74) is 2.29. The molecule has 0 heterocycles. The van der Waals surface area contributed by atoms with Crippen molar-refractivity contribution in [3.63, 3.8) is 0 Å². The molecule has 1 aromatic rings. The Bertz CT molecular complexity index is 295. The van der Waals surface area contributed by atoms with Gasteiger partial charge in [-0.2, -0.15) is 0 Å². The third kappa shape index (κ3) is 2.59. The third-order valence-electron chi connectivity index (χ3n) is 1.61. The maximum absolute atomic E-state index is 10.5. The Hall–Kier alpha value is -0.375. The van der Waals surface area contributed by atoms with Gasteiger partial charge >= 0.3 is 5.97 Å². The van der Waals surface area contributed by atoms with Gasteiger partial charge in [0.05, 0.1) is 5.56 Å². The van der Waals surface area contributed by atoms with Crippen molar-refractivity contribution in [2.24, 2.45) is 0 Å². The number of hydrogen-bond acceptors (Lipinski definition) is 1. The van der Waals surface area contributed by atoms with Crippen LogP contribution in [0.2, 0.25) is 0 Å². The molecule has 0 unspecified atom stereocenters. The average Bonchev–Trinajstić information content (AvgIpc) is 1.85. The first-order valence-corrected chi connectivity index (χ1v) is 3.42. The second-order valence-electron chi connectivity index (χ2n) is 2.62. The fourth-order valence-electron chi connectivity index (χ4n) is 1.05. The van der Waals surface area contributed by atoms with Crippen LogP contribution in [-0.4, -0.2) is 11.1 Å². The minimum absolute atomic E-state index is 0. The largest absolute Gasteiger partial charge is 0.478 e. The zero-order valence-corrected chi connectivity index (χ0v) is 12.8. The number of hydrogen-bond donors (Lipinski definition) is 1. The molecule has 60 valence electrons. The molecule has 0 atom stereocenters. The van der Waals surface area contributed by atoms with E-state index in [1.165, 1.54) is 0 Å². The number of aryl methyl sites for hydroxylation is 2. The fourth-order valence-corrected chi connectivity index (χ4v) is 1.05. The average molecular weight is 351 g/mol. The molecule has 1 N–H and O–H groups in total. The van der Waals surface area contributed by atoms with Gasteiger partial charge in [-0.15, -0.1) is 0 Å². The van der Waals surface area contributed by atoms with E-state index in [1.54, 1.807) is 19.1 Å². The number of benzene rings is 1. The molecule has 0 aliphatic carbocycles. The van der Waals surface area contributed by atoms with Gasteiger partial charge in [-0.05, 0) is 25.5 Å². The first kappa shape index (κ1) is 11.6. The van der Waals surface area contributed by atoms with Crippen molar-refractivity contribution in [2.75, 3.05) is 0 Å². The molecule has 0 saturated carbocycles. The van der Waals surface area contributed by atoms with Gasteiger partial charge in [-0.1, -0.05) is 17.7 Å². The maximum atomic E-state index is 10.5. The van der Waals surface area contributed by atoms with Gasteiger partial charge in [-0.25, -0.2) is 4.79 Å². The Morgan fingerprint density at radius 2 is 1.92 bits per heavy atom. The standard InChI is InChI=1S/C9H10O2.Hg/c1-6-3-4-8(9(10)11)7(2)5-6;/h3-5H,1-2H3,(H,10,11);. The minimum Gasteiger partial charge on any atom is -0.478 e. The van der Waals surface area contributed by atoms with Gasteiger partial charge in [0.15, 0.2) is 0 Å². The van der Waals surface area contributed by atoms with E-state index >= 15 is 0 Å². The summed E-state index contributed by atoms with van der Waals surface area (Å²) in [6, 6.07) is 5.30. The van der Waals surface area contributed by atoms with Crippen molar-refractivity contribution in [3.05, 3.63) is 34.9 Å². The van der Waals surface area contributed by atoms with Crippen LogP contribution < -0.4 is 0 Å². The van der Waals surface area contributed by atoms with Crippen LogP contribution in [0, 0.1) is 13.8 Å². The van der Waals surface area contributed by atoms with E-state index in [4.69, 9.17) is 5.11 Å². The summed E-state index contributed by atoms with van der Waals surface area (Å²) in [7, 11) is 0. The first-order chi connectivity index (χ1) is 5.11. The van der Waals surface area contributed by atoms with Gasteiger partial charge in [0, 0.05) is 27.7 Å². The predicted molar refractivity (Wildman–Crippen MR) is 42.9 cm³/mol. The monoisotopic (exact) mass is 352 g/mol. The molecule has 1 rings (SSSR count). The molecule has 0 spiro atoms. The quantitative estimate of drug-likeness (QED) is 0.787. The molecule has 0 aromatic heterocycles. The van der Waals surface area contributed by atoms with Crippen LogP contribution in [0.1, 0.15) is 21.5 Å². The summed E-state index contributed by atoms with van der Waals surface area (Å²) in [5, 5.41) is 8.66. The number of carboxylic acid groups (broad SMARTS) is 1. The van der Waals surface area contributed by atoms with Gasteiger partial charge in [0.1, 0.15) is 0 Å². The molecule has 0 aliphatic rings. The van der Waals surface area contributed by atoms with Crippen LogP contribution in [0.4, 0.5) is 0 Å². The zero-order valence-electron chi connectivity index (χ0n) is 7.29. The zero-order chi connectivity index (χ0) is 8.43. The van der Waals surface area contributed by atoms with Crippen LogP contribution in [0.15, 0.2) is 18.2 Å². The molecule has 0 aliphatic heterocycles. The van der Waals surface area contributed by atoms with E-state index in [1.807, 2.05) is 13.0 Å². The molecule has 0 bridgehead atoms. The Morgan fingerprint density at radius 1 is 1.33 bits per heavy atom. The second-order valence-corrected chi connectivity index (χ2v) is 2.62. The smallest absolute Gasteiger partial charge is 0.335 e. The van der Waals surface area contributed by atoms with Gasteiger partial charge in [-0.3, -0.25) is 0 Å². The number of carboxylic acids is 1. The molecular weight excluding hydrogens is 341 g/mol. The van der Waals surface area contributed by atoms with Crippen molar-refractivity contribution in [2.45, 2.75) is 13.8 Å². The van der Waals surface area contributed by atoms with Crippen molar-refractivity contribution in [3.8, 4) is 0 Å². The van der Waals surface area contributed by atoms with Crippen LogP contribution in [0.5, 0.6) is 0 Å². The Balaban J connectivity index is 0.00000121. The molecular formula is C9H10HgO2. The fraction of sp³-hybridized carbons (Fsp3) is 0.222. The van der Waals surface area contributed by atoms with Gasteiger partial charge in [0.2, 0.25) is 0 Å². The number of aromatic carboxylic acids is 1. The predicted octanol–water partition coefficient (Wildman–Crippen LogP) is 2.00. The van der Waals surface area contributed by atoms with Crippen molar-refractivity contribution >= 4 is 5.97 Å². The van der Waals surface area contributed by atoms with Crippen molar-refractivity contribution in [1.29, 1.82) is 0 Å². The van der Waals surface area contributed by atoms with E-state index in [0.717, 1.165) is 11.1 Å². The second kappa shape index (κ2) is 4.60. The number of rotatable bonds is 1. The Labute approximate surface area is 92.1 Å².